The molecule has 1 unspecified atom stereocenters. The van der Waals surface area contributed by atoms with Gasteiger partial charge >= 0.3 is 12.0 Å². The number of hydrogen-bond acceptors (Lipinski definition) is 5. The lowest BCUT2D eigenvalue weighted by atomic mass is 9.98. The number of anilines is 1. The molecule has 1 atom stereocenters. The fourth-order valence-electron chi connectivity index (χ4n) is 3.53. The minimum atomic E-state index is -0.309. The van der Waals surface area contributed by atoms with Crippen LogP contribution in [0.5, 0.6) is 0 Å². The SMILES string of the molecule is CCOC(=O)C1CCCN(C(=O)CN(C)C(=O)c2ccc(NC(=O)NC3CC3)cc2)C1. The summed E-state index contributed by atoms with van der Waals surface area (Å²) in [5.41, 5.74) is 1.01. The first-order valence-corrected chi connectivity index (χ1v) is 10.7. The number of esters is 1. The lowest BCUT2D eigenvalue weighted by Crippen LogP contribution is -2.47. The molecule has 31 heavy (non-hydrogen) atoms. The topological polar surface area (TPSA) is 108 Å². The van der Waals surface area contributed by atoms with Gasteiger partial charge in [0.25, 0.3) is 5.91 Å². The molecule has 1 aromatic rings. The van der Waals surface area contributed by atoms with Gasteiger partial charge in [-0.15, -0.1) is 0 Å². The molecule has 3 rings (SSSR count). The lowest BCUT2D eigenvalue weighted by Gasteiger charge is -2.32. The smallest absolute Gasteiger partial charge is 0.319 e. The number of carbonyl (C=O) groups excluding carboxylic acids is 4. The number of ether oxygens (including phenoxy) is 1. The Hall–Kier alpha value is -3.10. The van der Waals surface area contributed by atoms with Gasteiger partial charge in [-0.3, -0.25) is 14.4 Å². The van der Waals surface area contributed by atoms with Gasteiger partial charge in [-0.25, -0.2) is 4.79 Å². The van der Waals surface area contributed by atoms with E-state index in [0.29, 0.717) is 37.4 Å². The van der Waals surface area contributed by atoms with Crippen molar-refractivity contribution in [3.05, 3.63) is 29.8 Å². The van der Waals surface area contributed by atoms with Crippen molar-refractivity contribution in [2.24, 2.45) is 5.92 Å². The minimum Gasteiger partial charge on any atom is -0.466 e. The number of likely N-dealkylation sites (tertiary alicyclic amines) is 1. The largest absolute Gasteiger partial charge is 0.466 e. The average Bonchev–Trinajstić information content (AvgIpc) is 3.57. The molecule has 9 heteroatoms. The van der Waals surface area contributed by atoms with E-state index in [4.69, 9.17) is 4.74 Å². The number of urea groups is 1. The van der Waals surface area contributed by atoms with E-state index in [9.17, 15) is 19.2 Å². The molecule has 0 bridgehead atoms. The average molecular weight is 431 g/mol. The molecule has 0 spiro atoms. The number of nitrogens with zero attached hydrogens (tertiary/aromatic N) is 2. The molecule has 1 aliphatic carbocycles. The third-order valence-electron chi connectivity index (χ3n) is 5.42. The van der Waals surface area contributed by atoms with Gasteiger partial charge in [-0.05, 0) is 56.9 Å². The van der Waals surface area contributed by atoms with Gasteiger partial charge in [0.15, 0.2) is 0 Å². The number of likely N-dealkylation sites (N-methyl/N-ethyl adjacent to an activating group) is 1. The van der Waals surface area contributed by atoms with Crippen molar-refractivity contribution in [2.45, 2.75) is 38.6 Å². The monoisotopic (exact) mass is 430 g/mol. The van der Waals surface area contributed by atoms with Crippen molar-refractivity contribution >= 4 is 29.5 Å². The van der Waals surface area contributed by atoms with Crippen LogP contribution < -0.4 is 10.6 Å². The first kappa shape index (κ1) is 22.6. The van der Waals surface area contributed by atoms with E-state index in [1.807, 2.05) is 0 Å². The number of rotatable bonds is 7. The molecule has 1 saturated carbocycles. The minimum absolute atomic E-state index is 0.0713. The van der Waals surface area contributed by atoms with E-state index in [1.54, 1.807) is 43.1 Å². The summed E-state index contributed by atoms with van der Waals surface area (Å²) in [5, 5.41) is 5.56. The Bertz CT molecular complexity index is 822. The summed E-state index contributed by atoms with van der Waals surface area (Å²) in [5.74, 6) is -1.07. The van der Waals surface area contributed by atoms with Crippen molar-refractivity contribution in [3.63, 3.8) is 0 Å². The van der Waals surface area contributed by atoms with Gasteiger partial charge < -0.3 is 25.2 Å². The maximum Gasteiger partial charge on any atom is 0.319 e. The molecule has 2 N–H and O–H groups in total. The van der Waals surface area contributed by atoms with E-state index in [-0.39, 0.29) is 42.3 Å². The zero-order chi connectivity index (χ0) is 22.4. The predicted octanol–water partition coefficient (Wildman–Crippen LogP) is 1.84. The third kappa shape index (κ3) is 6.44. The van der Waals surface area contributed by atoms with Crippen molar-refractivity contribution in [2.75, 3.05) is 38.6 Å². The van der Waals surface area contributed by atoms with Crippen LogP contribution in [0.4, 0.5) is 10.5 Å². The number of benzene rings is 1. The quantitative estimate of drug-likeness (QED) is 0.642. The zero-order valence-corrected chi connectivity index (χ0v) is 18.1. The first-order chi connectivity index (χ1) is 14.9. The molecular weight excluding hydrogens is 400 g/mol. The summed E-state index contributed by atoms with van der Waals surface area (Å²) in [6, 6.07) is 6.56. The molecule has 4 amide bonds. The van der Waals surface area contributed by atoms with Crippen molar-refractivity contribution in [3.8, 4) is 0 Å². The summed E-state index contributed by atoms with van der Waals surface area (Å²) < 4.78 is 5.07. The highest BCUT2D eigenvalue weighted by Crippen LogP contribution is 2.20. The maximum atomic E-state index is 12.7. The van der Waals surface area contributed by atoms with Crippen LogP contribution in [0.2, 0.25) is 0 Å². The van der Waals surface area contributed by atoms with E-state index in [0.717, 1.165) is 19.3 Å². The van der Waals surface area contributed by atoms with Crippen molar-refractivity contribution in [1.29, 1.82) is 0 Å². The van der Waals surface area contributed by atoms with Gasteiger partial charge in [0.2, 0.25) is 5.91 Å². The van der Waals surface area contributed by atoms with Crippen LogP contribution in [0.3, 0.4) is 0 Å². The molecule has 1 heterocycles. The Balaban J connectivity index is 1.50. The standard InChI is InChI=1S/C22H30N4O5/c1-3-31-21(29)16-5-4-12-26(13-16)19(27)14-25(2)20(28)15-6-8-17(9-7-15)23-22(30)24-18-10-11-18/h6-9,16,18H,3-5,10-14H2,1-2H3,(H2,23,24,30). The highest BCUT2D eigenvalue weighted by molar-refractivity contribution is 5.97. The fraction of sp³-hybridized carbons (Fsp3) is 0.545. The molecule has 1 saturated heterocycles. The Morgan fingerprint density at radius 3 is 2.48 bits per heavy atom. The van der Waals surface area contributed by atoms with Crippen LogP contribution in [-0.2, 0) is 14.3 Å². The van der Waals surface area contributed by atoms with E-state index >= 15 is 0 Å². The third-order valence-corrected chi connectivity index (χ3v) is 5.42. The second kappa shape index (κ2) is 10.3. The van der Waals surface area contributed by atoms with E-state index in [2.05, 4.69) is 10.6 Å². The molecular formula is C22H30N4O5. The van der Waals surface area contributed by atoms with Gasteiger partial charge in [0.1, 0.15) is 0 Å². The second-order valence-corrected chi connectivity index (χ2v) is 8.04. The molecule has 0 radical (unpaired) electrons. The Morgan fingerprint density at radius 2 is 1.84 bits per heavy atom. The molecule has 0 aromatic heterocycles. The summed E-state index contributed by atoms with van der Waals surface area (Å²) >= 11 is 0. The fourth-order valence-corrected chi connectivity index (χ4v) is 3.53. The number of hydrogen-bond donors (Lipinski definition) is 2. The number of nitrogens with one attached hydrogen (secondary N) is 2. The van der Waals surface area contributed by atoms with Crippen LogP contribution in [0.1, 0.15) is 43.0 Å². The number of carbonyl (C=O) groups is 4. The van der Waals surface area contributed by atoms with Gasteiger partial charge in [0, 0.05) is 37.4 Å². The Morgan fingerprint density at radius 1 is 1.13 bits per heavy atom. The molecule has 168 valence electrons. The van der Waals surface area contributed by atoms with Crippen molar-refractivity contribution in [1.82, 2.24) is 15.1 Å². The summed E-state index contributed by atoms with van der Waals surface area (Å²) in [6.45, 7) is 2.90. The van der Waals surface area contributed by atoms with Crippen molar-refractivity contribution < 1.29 is 23.9 Å². The highest BCUT2D eigenvalue weighted by atomic mass is 16.5. The molecule has 1 aliphatic heterocycles. The van der Waals surface area contributed by atoms with Crippen LogP contribution in [-0.4, -0.2) is 72.9 Å². The van der Waals surface area contributed by atoms with Crippen LogP contribution >= 0.6 is 0 Å². The van der Waals surface area contributed by atoms with Gasteiger partial charge in [-0.1, -0.05) is 0 Å². The van der Waals surface area contributed by atoms with E-state index < -0.39 is 0 Å². The highest BCUT2D eigenvalue weighted by Gasteiger charge is 2.30. The normalized spacial score (nSPS) is 18.1. The predicted molar refractivity (Wildman–Crippen MR) is 115 cm³/mol. The Kier molecular flexibility index (Phi) is 7.49. The lowest BCUT2D eigenvalue weighted by molar-refractivity contribution is -0.151. The molecule has 1 aromatic carbocycles. The zero-order valence-electron chi connectivity index (χ0n) is 18.1. The molecule has 9 nitrogen and oxygen atoms in total. The first-order valence-electron chi connectivity index (χ1n) is 10.7. The number of piperidine rings is 1. The maximum absolute atomic E-state index is 12.7. The van der Waals surface area contributed by atoms with Crippen LogP contribution in [0.15, 0.2) is 24.3 Å². The summed E-state index contributed by atoms with van der Waals surface area (Å²) in [7, 11) is 1.57. The second-order valence-electron chi connectivity index (χ2n) is 8.04. The summed E-state index contributed by atoms with van der Waals surface area (Å²) in [4.78, 5) is 52.1. The number of amides is 4. The van der Waals surface area contributed by atoms with Gasteiger partial charge in [0.05, 0.1) is 19.1 Å². The van der Waals surface area contributed by atoms with Crippen LogP contribution in [0.25, 0.3) is 0 Å². The van der Waals surface area contributed by atoms with Crippen LogP contribution in [0, 0.1) is 5.92 Å². The summed E-state index contributed by atoms with van der Waals surface area (Å²) in [6.07, 6.45) is 3.45. The Labute approximate surface area is 182 Å². The van der Waals surface area contributed by atoms with Gasteiger partial charge in [-0.2, -0.15) is 0 Å². The molecule has 2 aliphatic rings. The molecule has 2 fully saturated rings. The van der Waals surface area contributed by atoms with E-state index in [1.165, 1.54) is 4.90 Å².